The molecule has 4 rings (SSSR count). The number of aliphatic hydroxyl groups is 1. The van der Waals surface area contributed by atoms with Gasteiger partial charge in [-0.1, -0.05) is 48.5 Å². The molecule has 1 N–H and O–H groups in total. The summed E-state index contributed by atoms with van der Waals surface area (Å²) in [6.45, 7) is -0.236. The number of nitrogens with zero attached hydrogens (tertiary/aromatic N) is 1. The molecule has 1 amide bonds. The smallest absolute Gasteiger partial charge is 0.409 e. The van der Waals surface area contributed by atoms with Crippen LogP contribution in [0, 0.1) is 0 Å². The van der Waals surface area contributed by atoms with Crippen molar-refractivity contribution in [1.29, 1.82) is 0 Å². The SMILES string of the molecule is O=C(OCC1c2ccccc2-c2ccccc21)N1CCS(=O)(=O)C(CO)C1. The topological polar surface area (TPSA) is 83.9 Å². The molecule has 1 unspecified atom stereocenters. The Morgan fingerprint density at radius 3 is 2.26 bits per heavy atom. The molecule has 6 nitrogen and oxygen atoms in total. The molecule has 1 aliphatic carbocycles. The largest absolute Gasteiger partial charge is 0.448 e. The first-order valence-electron chi connectivity index (χ1n) is 8.93. The second-order valence-electron chi connectivity index (χ2n) is 6.92. The molecule has 2 aromatic carbocycles. The summed E-state index contributed by atoms with van der Waals surface area (Å²) in [6, 6.07) is 16.2. The number of aliphatic hydroxyl groups excluding tert-OH is 1. The second kappa shape index (κ2) is 6.98. The molecule has 142 valence electrons. The van der Waals surface area contributed by atoms with Crippen LogP contribution in [-0.2, 0) is 14.6 Å². The maximum atomic E-state index is 12.5. The van der Waals surface area contributed by atoms with E-state index in [1.807, 2.05) is 36.4 Å². The lowest BCUT2D eigenvalue weighted by molar-refractivity contribution is 0.0977. The number of amides is 1. The van der Waals surface area contributed by atoms with Gasteiger partial charge in [-0.2, -0.15) is 0 Å². The first kappa shape index (κ1) is 18.0. The Morgan fingerprint density at radius 2 is 1.67 bits per heavy atom. The van der Waals surface area contributed by atoms with E-state index in [0.717, 1.165) is 22.3 Å². The Bertz CT molecular complexity index is 926. The van der Waals surface area contributed by atoms with E-state index in [4.69, 9.17) is 4.74 Å². The van der Waals surface area contributed by atoms with Gasteiger partial charge in [0.25, 0.3) is 0 Å². The third kappa shape index (κ3) is 3.21. The first-order valence-corrected chi connectivity index (χ1v) is 10.6. The first-order chi connectivity index (χ1) is 13.0. The average Bonchev–Trinajstić information content (AvgIpc) is 3.00. The van der Waals surface area contributed by atoms with Crippen LogP contribution in [0.5, 0.6) is 0 Å². The van der Waals surface area contributed by atoms with Crippen molar-refractivity contribution in [2.45, 2.75) is 11.2 Å². The van der Waals surface area contributed by atoms with E-state index in [1.54, 1.807) is 0 Å². The molecule has 1 heterocycles. The van der Waals surface area contributed by atoms with Gasteiger partial charge in [-0.05, 0) is 22.3 Å². The zero-order chi connectivity index (χ0) is 19.0. The fraction of sp³-hybridized carbons (Fsp3) is 0.350. The molecule has 0 saturated carbocycles. The normalized spacial score (nSPS) is 20.8. The van der Waals surface area contributed by atoms with Crippen LogP contribution in [0.4, 0.5) is 4.79 Å². The number of benzene rings is 2. The summed E-state index contributed by atoms with van der Waals surface area (Å²) in [5.74, 6) is -0.189. The van der Waals surface area contributed by atoms with Crippen molar-refractivity contribution >= 4 is 15.9 Å². The monoisotopic (exact) mass is 387 g/mol. The predicted molar refractivity (Wildman–Crippen MR) is 101 cm³/mol. The van der Waals surface area contributed by atoms with Crippen molar-refractivity contribution in [2.75, 3.05) is 32.1 Å². The fourth-order valence-corrected chi connectivity index (χ4v) is 5.32. The molecular weight excluding hydrogens is 366 g/mol. The van der Waals surface area contributed by atoms with Gasteiger partial charge in [-0.15, -0.1) is 0 Å². The maximum Gasteiger partial charge on any atom is 0.409 e. The summed E-state index contributed by atoms with van der Waals surface area (Å²) >= 11 is 0. The number of hydrogen-bond acceptors (Lipinski definition) is 5. The van der Waals surface area contributed by atoms with Crippen LogP contribution in [0.1, 0.15) is 17.0 Å². The predicted octanol–water partition coefficient (Wildman–Crippen LogP) is 2.03. The van der Waals surface area contributed by atoms with Gasteiger partial charge in [-0.25, -0.2) is 13.2 Å². The molecule has 7 heteroatoms. The molecule has 0 aromatic heterocycles. The van der Waals surface area contributed by atoms with Gasteiger partial charge in [0.15, 0.2) is 9.84 Å². The van der Waals surface area contributed by atoms with E-state index in [1.165, 1.54) is 4.90 Å². The highest BCUT2D eigenvalue weighted by molar-refractivity contribution is 7.92. The number of carbonyl (C=O) groups excluding carboxylic acids is 1. The van der Waals surface area contributed by atoms with Crippen molar-refractivity contribution in [3.63, 3.8) is 0 Å². The highest BCUT2D eigenvalue weighted by Gasteiger charge is 2.36. The van der Waals surface area contributed by atoms with Crippen LogP contribution >= 0.6 is 0 Å². The van der Waals surface area contributed by atoms with Crippen molar-refractivity contribution < 1.29 is 23.1 Å². The third-order valence-corrected chi connectivity index (χ3v) is 7.44. The van der Waals surface area contributed by atoms with Crippen molar-refractivity contribution in [1.82, 2.24) is 4.90 Å². The summed E-state index contributed by atoms with van der Waals surface area (Å²) in [6.07, 6.45) is -0.537. The van der Waals surface area contributed by atoms with E-state index < -0.39 is 27.8 Å². The molecular formula is C20H21NO5S. The van der Waals surface area contributed by atoms with Crippen LogP contribution in [0.3, 0.4) is 0 Å². The zero-order valence-electron chi connectivity index (χ0n) is 14.7. The summed E-state index contributed by atoms with van der Waals surface area (Å²) < 4.78 is 29.3. The van der Waals surface area contributed by atoms with E-state index in [0.29, 0.717) is 0 Å². The Morgan fingerprint density at radius 1 is 1.07 bits per heavy atom. The number of carbonyl (C=O) groups is 1. The minimum Gasteiger partial charge on any atom is -0.448 e. The van der Waals surface area contributed by atoms with E-state index in [-0.39, 0.29) is 31.4 Å². The number of rotatable bonds is 3. The summed E-state index contributed by atoms with van der Waals surface area (Å²) in [5, 5.41) is 8.35. The van der Waals surface area contributed by atoms with E-state index in [2.05, 4.69) is 12.1 Å². The lowest BCUT2D eigenvalue weighted by atomic mass is 9.98. The summed E-state index contributed by atoms with van der Waals surface area (Å²) in [4.78, 5) is 13.8. The van der Waals surface area contributed by atoms with Crippen LogP contribution < -0.4 is 0 Å². The molecule has 2 aromatic rings. The minimum absolute atomic E-state index is 0.0322. The van der Waals surface area contributed by atoms with Crippen molar-refractivity contribution in [3.8, 4) is 11.1 Å². The van der Waals surface area contributed by atoms with Crippen LogP contribution in [0.25, 0.3) is 11.1 Å². The molecule has 1 atom stereocenters. The molecule has 0 spiro atoms. The molecule has 2 aliphatic rings. The van der Waals surface area contributed by atoms with Gasteiger partial charge in [0.1, 0.15) is 11.9 Å². The lowest BCUT2D eigenvalue weighted by Gasteiger charge is -2.31. The quantitative estimate of drug-likeness (QED) is 0.871. The number of ether oxygens (including phenoxy) is 1. The Kier molecular flexibility index (Phi) is 4.65. The van der Waals surface area contributed by atoms with Crippen molar-refractivity contribution in [2.24, 2.45) is 0 Å². The fourth-order valence-electron chi connectivity index (χ4n) is 3.88. The summed E-state index contributed by atoms with van der Waals surface area (Å²) in [7, 11) is -3.35. The summed E-state index contributed by atoms with van der Waals surface area (Å²) in [5.41, 5.74) is 4.55. The third-order valence-electron chi connectivity index (χ3n) is 5.38. The van der Waals surface area contributed by atoms with Gasteiger partial charge in [0, 0.05) is 19.0 Å². The van der Waals surface area contributed by atoms with Crippen LogP contribution in [-0.4, -0.2) is 61.8 Å². The molecule has 0 bridgehead atoms. The van der Waals surface area contributed by atoms with E-state index >= 15 is 0 Å². The van der Waals surface area contributed by atoms with E-state index in [9.17, 15) is 18.3 Å². The highest BCUT2D eigenvalue weighted by Crippen LogP contribution is 2.44. The Hall–Kier alpha value is -2.38. The molecule has 1 saturated heterocycles. The molecule has 1 fully saturated rings. The maximum absolute atomic E-state index is 12.5. The van der Waals surface area contributed by atoms with Crippen LogP contribution in [0.2, 0.25) is 0 Å². The van der Waals surface area contributed by atoms with Gasteiger partial charge in [-0.3, -0.25) is 0 Å². The Balaban J connectivity index is 1.49. The van der Waals surface area contributed by atoms with Crippen molar-refractivity contribution in [3.05, 3.63) is 59.7 Å². The molecule has 1 aliphatic heterocycles. The number of hydrogen-bond donors (Lipinski definition) is 1. The molecule has 0 radical (unpaired) electrons. The minimum atomic E-state index is -3.35. The standard InChI is InChI=1S/C20H21NO5S/c22-12-14-11-21(9-10-27(14,24)25)20(23)26-13-19-17-7-3-1-5-15(17)16-6-2-4-8-18(16)19/h1-8,14,19,22H,9-13H2. The second-order valence-corrected chi connectivity index (χ2v) is 9.32. The average molecular weight is 387 g/mol. The van der Waals surface area contributed by atoms with Gasteiger partial charge < -0.3 is 14.7 Å². The van der Waals surface area contributed by atoms with Crippen LogP contribution in [0.15, 0.2) is 48.5 Å². The zero-order valence-corrected chi connectivity index (χ0v) is 15.6. The van der Waals surface area contributed by atoms with Gasteiger partial charge in [0.2, 0.25) is 0 Å². The number of sulfone groups is 1. The Labute approximate surface area is 158 Å². The lowest BCUT2D eigenvalue weighted by Crippen LogP contribution is -2.50. The van der Waals surface area contributed by atoms with Gasteiger partial charge >= 0.3 is 6.09 Å². The van der Waals surface area contributed by atoms with Gasteiger partial charge in [0.05, 0.1) is 12.4 Å². The molecule has 27 heavy (non-hydrogen) atoms. The highest BCUT2D eigenvalue weighted by atomic mass is 32.2. The number of fused-ring (bicyclic) bond motifs is 3.